The average molecular weight is 324 g/mol. The Morgan fingerprint density at radius 2 is 2.04 bits per heavy atom. The summed E-state index contributed by atoms with van der Waals surface area (Å²) < 4.78 is 6.88. The van der Waals surface area contributed by atoms with E-state index in [4.69, 9.17) is 4.74 Å². The normalized spacial score (nSPS) is 11.5. The van der Waals surface area contributed by atoms with E-state index >= 15 is 0 Å². The van der Waals surface area contributed by atoms with Crippen LogP contribution in [-0.4, -0.2) is 67.4 Å². The third-order valence-corrected chi connectivity index (χ3v) is 3.56. The molecule has 0 fully saturated rings. The molecule has 0 bridgehead atoms. The Bertz CT molecular complexity index is 550. The molecular weight excluding hydrogens is 296 g/mol. The number of likely N-dealkylation sites (N-methyl/N-ethyl adjacent to an activating group) is 1. The number of amides is 1. The fourth-order valence-corrected chi connectivity index (χ4v) is 1.97. The molecule has 1 heterocycles. The third kappa shape index (κ3) is 5.90. The van der Waals surface area contributed by atoms with Gasteiger partial charge < -0.3 is 20.3 Å². The van der Waals surface area contributed by atoms with Crippen LogP contribution in [-0.2, 0) is 23.1 Å². The predicted molar refractivity (Wildman–Crippen MR) is 90.4 cm³/mol. The van der Waals surface area contributed by atoms with Crippen LogP contribution in [0.1, 0.15) is 17.0 Å². The molecule has 1 aromatic heterocycles. The van der Waals surface area contributed by atoms with Crippen LogP contribution in [0, 0.1) is 13.8 Å². The Balaban J connectivity index is 2.74. The van der Waals surface area contributed by atoms with E-state index in [9.17, 15) is 4.79 Å². The first kappa shape index (κ1) is 19.0. The third-order valence-electron chi connectivity index (χ3n) is 3.56. The predicted octanol–water partition coefficient (Wildman–Crippen LogP) is -0.193. The van der Waals surface area contributed by atoms with Gasteiger partial charge in [-0.05, 0) is 13.8 Å². The molecule has 23 heavy (non-hydrogen) atoms. The summed E-state index contributed by atoms with van der Waals surface area (Å²) in [6.07, 6.45) is 0. The van der Waals surface area contributed by atoms with E-state index in [0.717, 1.165) is 17.0 Å². The largest absolute Gasteiger partial charge is 0.383 e. The maximum atomic E-state index is 11.7. The lowest BCUT2D eigenvalue weighted by Crippen LogP contribution is -2.43. The zero-order valence-electron chi connectivity index (χ0n) is 14.9. The molecule has 0 aliphatic rings. The Hall–Kier alpha value is -2.09. The van der Waals surface area contributed by atoms with Crippen molar-refractivity contribution >= 4 is 11.9 Å². The van der Waals surface area contributed by atoms with Crippen LogP contribution in [0.25, 0.3) is 0 Å². The van der Waals surface area contributed by atoms with Crippen LogP contribution in [0.4, 0.5) is 0 Å². The Morgan fingerprint density at radius 1 is 1.35 bits per heavy atom. The minimum Gasteiger partial charge on any atom is -0.383 e. The van der Waals surface area contributed by atoms with Crippen LogP contribution < -0.4 is 10.6 Å². The van der Waals surface area contributed by atoms with Crippen LogP contribution in [0.2, 0.25) is 0 Å². The molecule has 1 rings (SSSR count). The lowest BCUT2D eigenvalue weighted by molar-refractivity contribution is -0.127. The standard InChI is InChI=1S/C15H28N6O2/c1-11-13(12(2)21(5)19-11)9-17-15(16-7-8-23-6)18-10-14(22)20(3)4/h7-10H2,1-6H3,(H2,16,17,18). The number of aromatic nitrogens is 2. The maximum absolute atomic E-state index is 11.7. The van der Waals surface area contributed by atoms with Crippen molar-refractivity contribution in [2.75, 3.05) is 40.9 Å². The Kier molecular flexibility index (Phi) is 7.53. The van der Waals surface area contributed by atoms with Gasteiger partial charge in [-0.2, -0.15) is 5.10 Å². The molecule has 130 valence electrons. The number of carbonyl (C=O) groups excluding carboxylic acids is 1. The van der Waals surface area contributed by atoms with E-state index in [1.807, 2.05) is 25.6 Å². The van der Waals surface area contributed by atoms with Crippen molar-refractivity contribution in [1.29, 1.82) is 0 Å². The van der Waals surface area contributed by atoms with E-state index in [0.29, 0.717) is 25.7 Å². The molecule has 1 aromatic rings. The van der Waals surface area contributed by atoms with Crippen molar-refractivity contribution < 1.29 is 9.53 Å². The minimum absolute atomic E-state index is 0.0139. The zero-order valence-corrected chi connectivity index (χ0v) is 14.9. The van der Waals surface area contributed by atoms with Gasteiger partial charge in [-0.3, -0.25) is 9.48 Å². The summed E-state index contributed by atoms with van der Waals surface area (Å²) in [4.78, 5) is 17.8. The van der Waals surface area contributed by atoms with Gasteiger partial charge in [0.1, 0.15) is 0 Å². The van der Waals surface area contributed by atoms with Crippen molar-refractivity contribution in [2.45, 2.75) is 20.4 Å². The number of hydrogen-bond acceptors (Lipinski definition) is 4. The minimum atomic E-state index is -0.0139. The summed E-state index contributed by atoms with van der Waals surface area (Å²) in [5.74, 6) is 0.569. The SMILES string of the molecule is COCCNC(=NCc1c(C)nn(C)c1C)NCC(=O)N(C)C. The van der Waals surface area contributed by atoms with E-state index in [-0.39, 0.29) is 12.5 Å². The molecule has 0 saturated heterocycles. The van der Waals surface area contributed by atoms with Crippen LogP contribution >= 0.6 is 0 Å². The van der Waals surface area contributed by atoms with E-state index < -0.39 is 0 Å². The Morgan fingerprint density at radius 3 is 2.57 bits per heavy atom. The molecule has 8 nitrogen and oxygen atoms in total. The fraction of sp³-hybridized carbons (Fsp3) is 0.667. The molecule has 0 unspecified atom stereocenters. The molecular formula is C15H28N6O2. The van der Waals surface area contributed by atoms with Crippen LogP contribution in [0.3, 0.4) is 0 Å². The number of aliphatic imine (C=N–C) groups is 1. The van der Waals surface area contributed by atoms with Crippen molar-refractivity contribution in [3.05, 3.63) is 17.0 Å². The lowest BCUT2D eigenvalue weighted by Gasteiger charge is -2.14. The van der Waals surface area contributed by atoms with Crippen molar-refractivity contribution in [1.82, 2.24) is 25.3 Å². The molecule has 0 spiro atoms. The van der Waals surface area contributed by atoms with Gasteiger partial charge in [-0.15, -0.1) is 0 Å². The smallest absolute Gasteiger partial charge is 0.241 e. The number of hydrogen-bond donors (Lipinski definition) is 2. The number of carbonyl (C=O) groups is 1. The highest BCUT2D eigenvalue weighted by Crippen LogP contribution is 2.12. The van der Waals surface area contributed by atoms with Crippen LogP contribution in [0.15, 0.2) is 4.99 Å². The van der Waals surface area contributed by atoms with Crippen molar-refractivity contribution in [2.24, 2.45) is 12.0 Å². The topological polar surface area (TPSA) is 83.8 Å². The van der Waals surface area contributed by atoms with E-state index in [1.54, 1.807) is 21.2 Å². The maximum Gasteiger partial charge on any atom is 0.241 e. The fourth-order valence-electron chi connectivity index (χ4n) is 1.97. The number of guanidine groups is 1. The van der Waals surface area contributed by atoms with Gasteiger partial charge in [-0.1, -0.05) is 0 Å². The van der Waals surface area contributed by atoms with Crippen molar-refractivity contribution in [3.63, 3.8) is 0 Å². The number of rotatable bonds is 7. The number of nitrogens with one attached hydrogen (secondary N) is 2. The first-order valence-corrected chi connectivity index (χ1v) is 7.57. The average Bonchev–Trinajstić information content (AvgIpc) is 2.74. The summed E-state index contributed by atoms with van der Waals surface area (Å²) in [5, 5.41) is 10.6. The second kappa shape index (κ2) is 9.14. The Labute approximate surface area is 137 Å². The first-order chi connectivity index (χ1) is 10.9. The van der Waals surface area contributed by atoms with Gasteiger partial charge in [0.2, 0.25) is 5.91 Å². The number of aryl methyl sites for hydroxylation is 2. The monoisotopic (exact) mass is 324 g/mol. The highest BCUT2D eigenvalue weighted by molar-refractivity contribution is 5.86. The molecule has 0 atom stereocenters. The quantitative estimate of drug-likeness (QED) is 0.412. The van der Waals surface area contributed by atoms with Gasteiger partial charge in [-0.25, -0.2) is 4.99 Å². The van der Waals surface area contributed by atoms with Gasteiger partial charge in [0, 0.05) is 46.1 Å². The summed E-state index contributed by atoms with van der Waals surface area (Å²) >= 11 is 0. The number of nitrogens with zero attached hydrogens (tertiary/aromatic N) is 4. The summed E-state index contributed by atoms with van der Waals surface area (Å²) in [6, 6.07) is 0. The number of methoxy groups -OCH3 is 1. The van der Waals surface area contributed by atoms with Gasteiger partial charge in [0.25, 0.3) is 0 Å². The van der Waals surface area contributed by atoms with Gasteiger partial charge in [0.15, 0.2) is 5.96 Å². The molecule has 2 N–H and O–H groups in total. The van der Waals surface area contributed by atoms with Crippen LogP contribution in [0.5, 0.6) is 0 Å². The molecule has 0 aliphatic heterocycles. The second-order valence-electron chi connectivity index (χ2n) is 5.50. The summed E-state index contributed by atoms with van der Waals surface area (Å²) in [7, 11) is 7.01. The van der Waals surface area contributed by atoms with Crippen molar-refractivity contribution in [3.8, 4) is 0 Å². The first-order valence-electron chi connectivity index (χ1n) is 7.57. The molecule has 0 radical (unpaired) electrons. The molecule has 0 aromatic carbocycles. The molecule has 0 saturated carbocycles. The second-order valence-corrected chi connectivity index (χ2v) is 5.50. The zero-order chi connectivity index (χ0) is 17.4. The molecule has 0 aliphatic carbocycles. The summed E-state index contributed by atoms with van der Waals surface area (Å²) in [5.41, 5.74) is 3.15. The molecule has 1 amide bonds. The van der Waals surface area contributed by atoms with Gasteiger partial charge >= 0.3 is 0 Å². The van der Waals surface area contributed by atoms with E-state index in [1.165, 1.54) is 4.90 Å². The van der Waals surface area contributed by atoms with E-state index in [2.05, 4.69) is 20.7 Å². The summed E-state index contributed by atoms with van der Waals surface area (Å²) in [6.45, 7) is 5.86. The highest BCUT2D eigenvalue weighted by atomic mass is 16.5. The van der Waals surface area contributed by atoms with Gasteiger partial charge in [0.05, 0.1) is 25.4 Å². The molecule has 8 heteroatoms. The highest BCUT2D eigenvalue weighted by Gasteiger charge is 2.10. The number of ether oxygens (including phenoxy) is 1. The lowest BCUT2D eigenvalue weighted by atomic mass is 10.2.